The molecule has 0 fully saturated rings. The molecule has 21 heavy (non-hydrogen) atoms. The number of furan rings is 1. The van der Waals surface area contributed by atoms with Crippen molar-refractivity contribution in [2.75, 3.05) is 6.61 Å². The summed E-state index contributed by atoms with van der Waals surface area (Å²) in [6.45, 7) is 4.43. The molecule has 0 aliphatic heterocycles. The molecule has 1 aromatic carbocycles. The standard InChI is InChI=1S/C15H18N2O4/c1-3-19-11-5-4-6-12(7-11)20-9-13-8-14(10(2)21-13)15(18)17-16/h4-8H,3,9,16H2,1-2H3,(H,17,18). The van der Waals surface area contributed by atoms with Gasteiger partial charge in [0, 0.05) is 6.07 Å². The van der Waals surface area contributed by atoms with E-state index in [4.69, 9.17) is 19.7 Å². The van der Waals surface area contributed by atoms with Crippen LogP contribution in [0.3, 0.4) is 0 Å². The molecule has 0 unspecified atom stereocenters. The third-order valence-corrected chi connectivity index (χ3v) is 2.84. The number of nitrogens with one attached hydrogen (secondary N) is 1. The van der Waals surface area contributed by atoms with Gasteiger partial charge in [-0.1, -0.05) is 6.07 Å². The van der Waals surface area contributed by atoms with Crippen LogP contribution in [0.4, 0.5) is 0 Å². The summed E-state index contributed by atoms with van der Waals surface area (Å²) >= 11 is 0. The van der Waals surface area contributed by atoms with Crippen LogP contribution in [0.15, 0.2) is 34.7 Å². The lowest BCUT2D eigenvalue weighted by Gasteiger charge is -2.07. The first-order valence-corrected chi connectivity index (χ1v) is 6.60. The number of hydrogen-bond donors (Lipinski definition) is 2. The average Bonchev–Trinajstić information content (AvgIpc) is 2.86. The predicted molar refractivity (Wildman–Crippen MR) is 77.0 cm³/mol. The molecule has 2 aromatic rings. The van der Waals surface area contributed by atoms with Gasteiger partial charge in [0.05, 0.1) is 12.2 Å². The number of carbonyl (C=O) groups is 1. The third-order valence-electron chi connectivity index (χ3n) is 2.84. The van der Waals surface area contributed by atoms with E-state index in [1.54, 1.807) is 19.1 Å². The first kappa shape index (κ1) is 14.9. The summed E-state index contributed by atoms with van der Waals surface area (Å²) in [5.41, 5.74) is 2.48. The maximum Gasteiger partial charge on any atom is 0.268 e. The van der Waals surface area contributed by atoms with E-state index in [0.29, 0.717) is 29.4 Å². The van der Waals surface area contributed by atoms with Crippen LogP contribution >= 0.6 is 0 Å². The van der Waals surface area contributed by atoms with Gasteiger partial charge in [0.25, 0.3) is 5.91 Å². The number of hydrazine groups is 1. The van der Waals surface area contributed by atoms with E-state index >= 15 is 0 Å². The van der Waals surface area contributed by atoms with Crippen molar-refractivity contribution in [2.45, 2.75) is 20.5 Å². The average molecular weight is 290 g/mol. The number of nitrogens with two attached hydrogens (primary N) is 1. The normalized spacial score (nSPS) is 10.2. The fourth-order valence-corrected chi connectivity index (χ4v) is 1.89. The monoisotopic (exact) mass is 290 g/mol. The van der Waals surface area contributed by atoms with E-state index in [9.17, 15) is 4.79 Å². The molecule has 0 spiro atoms. The van der Waals surface area contributed by atoms with Gasteiger partial charge in [0.1, 0.15) is 29.6 Å². The lowest BCUT2D eigenvalue weighted by Crippen LogP contribution is -2.30. The zero-order chi connectivity index (χ0) is 15.2. The number of ether oxygens (including phenoxy) is 2. The molecule has 1 aromatic heterocycles. The largest absolute Gasteiger partial charge is 0.494 e. The number of aryl methyl sites for hydroxylation is 1. The molecule has 2 rings (SSSR count). The van der Waals surface area contributed by atoms with Crippen molar-refractivity contribution >= 4 is 5.91 Å². The molecular weight excluding hydrogens is 272 g/mol. The molecule has 1 amide bonds. The molecule has 6 nitrogen and oxygen atoms in total. The van der Waals surface area contributed by atoms with Gasteiger partial charge in [-0.05, 0) is 32.0 Å². The molecule has 0 atom stereocenters. The van der Waals surface area contributed by atoms with Gasteiger partial charge in [0.15, 0.2) is 0 Å². The highest BCUT2D eigenvalue weighted by Crippen LogP contribution is 2.21. The summed E-state index contributed by atoms with van der Waals surface area (Å²) in [5, 5.41) is 0. The van der Waals surface area contributed by atoms with Crippen molar-refractivity contribution < 1.29 is 18.7 Å². The van der Waals surface area contributed by atoms with E-state index < -0.39 is 0 Å². The highest BCUT2D eigenvalue weighted by Gasteiger charge is 2.14. The van der Waals surface area contributed by atoms with E-state index in [-0.39, 0.29) is 12.5 Å². The minimum atomic E-state index is -0.388. The fourth-order valence-electron chi connectivity index (χ4n) is 1.89. The van der Waals surface area contributed by atoms with E-state index in [0.717, 1.165) is 5.75 Å². The number of hydrogen-bond acceptors (Lipinski definition) is 5. The van der Waals surface area contributed by atoms with Crippen LogP contribution in [0.2, 0.25) is 0 Å². The van der Waals surface area contributed by atoms with Crippen molar-refractivity contribution in [2.24, 2.45) is 5.84 Å². The molecule has 3 N–H and O–H groups in total. The van der Waals surface area contributed by atoms with Crippen molar-refractivity contribution in [3.05, 3.63) is 47.4 Å². The summed E-state index contributed by atoms with van der Waals surface area (Å²) in [7, 11) is 0. The van der Waals surface area contributed by atoms with Crippen LogP contribution in [-0.2, 0) is 6.61 Å². The Bertz CT molecular complexity index is 622. The van der Waals surface area contributed by atoms with Crippen LogP contribution in [0.5, 0.6) is 11.5 Å². The van der Waals surface area contributed by atoms with Crippen LogP contribution in [0.25, 0.3) is 0 Å². The minimum Gasteiger partial charge on any atom is -0.494 e. The van der Waals surface area contributed by atoms with Crippen molar-refractivity contribution in [1.29, 1.82) is 0 Å². The first-order valence-electron chi connectivity index (χ1n) is 6.60. The van der Waals surface area contributed by atoms with Crippen molar-refractivity contribution in [1.82, 2.24) is 5.43 Å². The fraction of sp³-hybridized carbons (Fsp3) is 0.267. The highest BCUT2D eigenvalue weighted by atomic mass is 16.5. The van der Waals surface area contributed by atoms with E-state index in [1.807, 2.05) is 25.1 Å². The summed E-state index contributed by atoms with van der Waals surface area (Å²) < 4.78 is 16.5. The number of amides is 1. The Balaban J connectivity index is 2.03. The van der Waals surface area contributed by atoms with E-state index in [1.165, 1.54) is 0 Å². The molecule has 0 saturated carbocycles. The molecule has 6 heteroatoms. The van der Waals surface area contributed by atoms with Crippen LogP contribution in [-0.4, -0.2) is 12.5 Å². The smallest absolute Gasteiger partial charge is 0.268 e. The first-order chi connectivity index (χ1) is 10.1. The molecule has 0 aliphatic rings. The second-order valence-electron chi connectivity index (χ2n) is 4.35. The van der Waals surface area contributed by atoms with Gasteiger partial charge in [0.2, 0.25) is 0 Å². The molecule has 0 saturated heterocycles. The Kier molecular flexibility index (Phi) is 4.84. The van der Waals surface area contributed by atoms with Gasteiger partial charge in [-0.25, -0.2) is 5.84 Å². The number of carbonyl (C=O) groups excluding carboxylic acids is 1. The van der Waals surface area contributed by atoms with Gasteiger partial charge in [-0.15, -0.1) is 0 Å². The number of rotatable bonds is 6. The Morgan fingerprint density at radius 3 is 2.67 bits per heavy atom. The Morgan fingerprint density at radius 2 is 2.00 bits per heavy atom. The number of nitrogen functional groups attached to an aromatic ring is 1. The molecule has 0 radical (unpaired) electrons. The maximum absolute atomic E-state index is 11.5. The molecular formula is C15H18N2O4. The van der Waals surface area contributed by atoms with Gasteiger partial charge in [-0.3, -0.25) is 10.2 Å². The van der Waals surface area contributed by atoms with Gasteiger partial charge < -0.3 is 13.9 Å². The maximum atomic E-state index is 11.5. The molecule has 0 aliphatic carbocycles. The lowest BCUT2D eigenvalue weighted by molar-refractivity contribution is 0.0952. The van der Waals surface area contributed by atoms with Crippen molar-refractivity contribution in [3.63, 3.8) is 0 Å². The topological polar surface area (TPSA) is 86.7 Å². The molecule has 0 bridgehead atoms. The Morgan fingerprint density at radius 1 is 1.29 bits per heavy atom. The summed E-state index contributed by atoms with van der Waals surface area (Å²) in [6.07, 6.45) is 0. The SMILES string of the molecule is CCOc1cccc(OCc2cc(C(=O)NN)c(C)o2)c1. The summed E-state index contributed by atoms with van der Waals surface area (Å²) in [5.74, 6) is 7.18. The Hall–Kier alpha value is -2.47. The van der Waals surface area contributed by atoms with Crippen molar-refractivity contribution in [3.8, 4) is 11.5 Å². The van der Waals surface area contributed by atoms with Gasteiger partial charge >= 0.3 is 0 Å². The van der Waals surface area contributed by atoms with Crippen LogP contribution < -0.4 is 20.7 Å². The summed E-state index contributed by atoms with van der Waals surface area (Å²) in [6, 6.07) is 8.95. The lowest BCUT2D eigenvalue weighted by atomic mass is 10.2. The molecule has 112 valence electrons. The zero-order valence-corrected chi connectivity index (χ0v) is 12.0. The van der Waals surface area contributed by atoms with Gasteiger partial charge in [-0.2, -0.15) is 0 Å². The van der Waals surface area contributed by atoms with Crippen LogP contribution in [0.1, 0.15) is 28.8 Å². The quantitative estimate of drug-likeness (QED) is 0.483. The Labute approximate surface area is 122 Å². The second kappa shape index (κ2) is 6.81. The van der Waals surface area contributed by atoms with E-state index in [2.05, 4.69) is 5.43 Å². The highest BCUT2D eigenvalue weighted by molar-refractivity contribution is 5.94. The summed E-state index contributed by atoms with van der Waals surface area (Å²) in [4.78, 5) is 11.5. The third kappa shape index (κ3) is 3.76. The van der Waals surface area contributed by atoms with Crippen LogP contribution in [0, 0.1) is 6.92 Å². The molecule has 1 heterocycles. The number of benzene rings is 1. The second-order valence-corrected chi connectivity index (χ2v) is 4.35. The minimum absolute atomic E-state index is 0.217. The predicted octanol–water partition coefficient (Wildman–Crippen LogP) is 2.17. The zero-order valence-electron chi connectivity index (χ0n) is 12.0.